The molecule has 0 saturated carbocycles. The van der Waals surface area contributed by atoms with Gasteiger partial charge in [0.1, 0.15) is 17.4 Å². The molecular formula is C14H16ClN3S. The molecule has 0 N–H and O–H groups in total. The van der Waals surface area contributed by atoms with Gasteiger partial charge in [-0.3, -0.25) is 0 Å². The summed E-state index contributed by atoms with van der Waals surface area (Å²) in [4.78, 5) is 4.59. The number of aromatic nitrogens is 2. The molecule has 0 aliphatic rings. The summed E-state index contributed by atoms with van der Waals surface area (Å²) in [7, 11) is 0. The zero-order chi connectivity index (χ0) is 14.0. The van der Waals surface area contributed by atoms with Gasteiger partial charge < -0.3 is 4.57 Å². The van der Waals surface area contributed by atoms with E-state index in [-0.39, 0.29) is 5.38 Å². The number of alkyl halides is 1. The Morgan fingerprint density at radius 1 is 1.47 bits per heavy atom. The SMILES string of the molecule is CSCC(C)n1c(C(C)Cl)nc2c(C#N)cccc21. The molecule has 0 amide bonds. The fourth-order valence-corrected chi connectivity index (χ4v) is 3.07. The molecule has 0 aliphatic heterocycles. The summed E-state index contributed by atoms with van der Waals surface area (Å²) in [6, 6.07) is 8.19. The Balaban J connectivity index is 2.72. The van der Waals surface area contributed by atoms with Gasteiger partial charge in [-0.2, -0.15) is 17.0 Å². The number of thioether (sulfide) groups is 1. The van der Waals surface area contributed by atoms with Gasteiger partial charge in [0.2, 0.25) is 0 Å². The Bertz CT molecular complexity index is 627. The number of hydrogen-bond donors (Lipinski definition) is 0. The molecule has 1 aromatic heterocycles. The minimum atomic E-state index is -0.178. The maximum absolute atomic E-state index is 9.18. The Hall–Kier alpha value is -1.18. The van der Waals surface area contributed by atoms with Crippen molar-refractivity contribution < 1.29 is 0 Å². The van der Waals surface area contributed by atoms with Crippen molar-refractivity contribution in [1.29, 1.82) is 5.26 Å². The average molecular weight is 294 g/mol. The lowest BCUT2D eigenvalue weighted by molar-refractivity contribution is 0.593. The van der Waals surface area contributed by atoms with Gasteiger partial charge in [-0.15, -0.1) is 11.6 Å². The Morgan fingerprint density at radius 2 is 2.21 bits per heavy atom. The molecule has 0 saturated heterocycles. The summed E-state index contributed by atoms with van der Waals surface area (Å²) >= 11 is 8.04. The van der Waals surface area contributed by atoms with Crippen LogP contribution in [0.25, 0.3) is 11.0 Å². The molecule has 0 aliphatic carbocycles. The van der Waals surface area contributed by atoms with E-state index in [1.165, 1.54) is 0 Å². The van der Waals surface area contributed by atoms with Crippen LogP contribution in [0.15, 0.2) is 18.2 Å². The van der Waals surface area contributed by atoms with Crippen LogP contribution < -0.4 is 0 Å². The smallest absolute Gasteiger partial charge is 0.128 e. The summed E-state index contributed by atoms with van der Waals surface area (Å²) in [6.45, 7) is 4.07. The van der Waals surface area contributed by atoms with Crippen molar-refractivity contribution in [3.8, 4) is 6.07 Å². The molecule has 0 spiro atoms. The maximum Gasteiger partial charge on any atom is 0.128 e. The van der Waals surface area contributed by atoms with Crippen molar-refractivity contribution in [2.75, 3.05) is 12.0 Å². The fraction of sp³-hybridized carbons (Fsp3) is 0.429. The standard InChI is InChI=1S/C14H16ClN3S/c1-9(8-19-3)18-12-6-4-5-11(7-16)13(12)17-14(18)10(2)15/h4-6,9-10H,8H2,1-3H3. The fourth-order valence-electron chi connectivity index (χ4n) is 2.28. The number of halogens is 1. The number of rotatable bonds is 4. The van der Waals surface area contributed by atoms with Crippen LogP contribution in [-0.4, -0.2) is 21.6 Å². The zero-order valence-electron chi connectivity index (χ0n) is 11.2. The van der Waals surface area contributed by atoms with Gasteiger partial charge in [0.05, 0.1) is 16.5 Å². The second-order valence-electron chi connectivity index (χ2n) is 4.55. The molecule has 2 unspecified atom stereocenters. The number of hydrogen-bond acceptors (Lipinski definition) is 3. The van der Waals surface area contributed by atoms with Crippen LogP contribution in [0.4, 0.5) is 0 Å². The Labute approximate surface area is 122 Å². The lowest BCUT2D eigenvalue weighted by Gasteiger charge is -2.17. The van der Waals surface area contributed by atoms with Crippen LogP contribution in [0.1, 0.15) is 36.7 Å². The van der Waals surface area contributed by atoms with Gasteiger partial charge in [0.25, 0.3) is 0 Å². The van der Waals surface area contributed by atoms with Gasteiger partial charge in [0.15, 0.2) is 0 Å². The third kappa shape index (κ3) is 2.58. The summed E-state index contributed by atoms with van der Waals surface area (Å²) < 4.78 is 2.16. The summed E-state index contributed by atoms with van der Waals surface area (Å²) in [6.07, 6.45) is 2.08. The van der Waals surface area contributed by atoms with Gasteiger partial charge in [-0.05, 0) is 32.2 Å². The molecule has 19 heavy (non-hydrogen) atoms. The first kappa shape index (κ1) is 14.2. The van der Waals surface area contributed by atoms with E-state index >= 15 is 0 Å². The first-order chi connectivity index (χ1) is 9.10. The number of para-hydroxylation sites is 1. The average Bonchev–Trinajstić information content (AvgIpc) is 2.78. The molecule has 0 bridgehead atoms. The highest BCUT2D eigenvalue weighted by molar-refractivity contribution is 7.98. The minimum absolute atomic E-state index is 0.178. The Morgan fingerprint density at radius 3 is 2.79 bits per heavy atom. The molecule has 100 valence electrons. The zero-order valence-corrected chi connectivity index (χ0v) is 12.8. The molecule has 2 atom stereocenters. The molecule has 0 radical (unpaired) electrons. The molecule has 1 heterocycles. The molecule has 1 aromatic carbocycles. The molecule has 2 aromatic rings. The van der Waals surface area contributed by atoms with Crippen LogP contribution in [0.5, 0.6) is 0 Å². The van der Waals surface area contributed by atoms with Gasteiger partial charge in [0, 0.05) is 11.8 Å². The third-order valence-electron chi connectivity index (χ3n) is 3.07. The van der Waals surface area contributed by atoms with Crippen molar-refractivity contribution in [3.63, 3.8) is 0 Å². The van der Waals surface area contributed by atoms with Crippen LogP contribution in [0, 0.1) is 11.3 Å². The van der Waals surface area contributed by atoms with Crippen molar-refractivity contribution in [2.45, 2.75) is 25.3 Å². The minimum Gasteiger partial charge on any atom is -0.323 e. The predicted molar refractivity (Wildman–Crippen MR) is 81.8 cm³/mol. The summed E-state index contributed by atoms with van der Waals surface area (Å²) in [5.41, 5.74) is 2.34. The van der Waals surface area contributed by atoms with Crippen molar-refractivity contribution >= 4 is 34.4 Å². The second kappa shape index (κ2) is 5.85. The maximum atomic E-state index is 9.18. The van der Waals surface area contributed by atoms with E-state index in [4.69, 9.17) is 11.6 Å². The van der Waals surface area contributed by atoms with E-state index in [2.05, 4.69) is 28.8 Å². The number of nitrogens with zero attached hydrogens (tertiary/aromatic N) is 3. The largest absolute Gasteiger partial charge is 0.323 e. The van der Waals surface area contributed by atoms with Crippen molar-refractivity contribution in [1.82, 2.24) is 9.55 Å². The Kier molecular flexibility index (Phi) is 4.38. The van der Waals surface area contributed by atoms with E-state index in [9.17, 15) is 5.26 Å². The van der Waals surface area contributed by atoms with Gasteiger partial charge in [-0.25, -0.2) is 4.98 Å². The third-order valence-corrected chi connectivity index (χ3v) is 4.08. The van der Waals surface area contributed by atoms with E-state index in [1.807, 2.05) is 19.1 Å². The van der Waals surface area contributed by atoms with Crippen molar-refractivity contribution in [2.24, 2.45) is 0 Å². The van der Waals surface area contributed by atoms with Crippen LogP contribution in [0.3, 0.4) is 0 Å². The summed E-state index contributed by atoms with van der Waals surface area (Å²) in [5, 5.41) is 9.00. The van der Waals surface area contributed by atoms with E-state index in [0.717, 1.165) is 22.6 Å². The topological polar surface area (TPSA) is 41.6 Å². The highest BCUT2D eigenvalue weighted by Crippen LogP contribution is 2.30. The molecule has 2 rings (SSSR count). The molecule has 3 nitrogen and oxygen atoms in total. The molecule has 5 heteroatoms. The van der Waals surface area contributed by atoms with Crippen molar-refractivity contribution in [3.05, 3.63) is 29.6 Å². The number of nitriles is 1. The van der Waals surface area contributed by atoms with E-state index in [1.54, 1.807) is 17.8 Å². The van der Waals surface area contributed by atoms with Gasteiger partial charge in [-0.1, -0.05) is 6.07 Å². The lowest BCUT2D eigenvalue weighted by Crippen LogP contribution is -2.11. The normalized spacial score (nSPS) is 14.3. The first-order valence-electron chi connectivity index (χ1n) is 6.14. The predicted octanol–water partition coefficient (Wildman–Crippen LogP) is 4.13. The highest BCUT2D eigenvalue weighted by Gasteiger charge is 2.20. The quantitative estimate of drug-likeness (QED) is 0.796. The van der Waals surface area contributed by atoms with Crippen LogP contribution >= 0.6 is 23.4 Å². The van der Waals surface area contributed by atoms with Crippen LogP contribution in [0.2, 0.25) is 0 Å². The number of fused-ring (bicyclic) bond motifs is 1. The van der Waals surface area contributed by atoms with Crippen LogP contribution in [-0.2, 0) is 0 Å². The first-order valence-corrected chi connectivity index (χ1v) is 7.97. The highest BCUT2D eigenvalue weighted by atomic mass is 35.5. The number of benzene rings is 1. The summed E-state index contributed by atoms with van der Waals surface area (Å²) in [5.74, 6) is 1.82. The van der Waals surface area contributed by atoms with E-state index < -0.39 is 0 Å². The second-order valence-corrected chi connectivity index (χ2v) is 6.11. The van der Waals surface area contributed by atoms with E-state index in [0.29, 0.717) is 11.6 Å². The number of imidazole rings is 1. The monoisotopic (exact) mass is 293 g/mol. The lowest BCUT2D eigenvalue weighted by atomic mass is 10.2. The molecular weight excluding hydrogens is 278 g/mol. The molecule has 0 fully saturated rings. The van der Waals surface area contributed by atoms with Gasteiger partial charge >= 0.3 is 0 Å².